The number of pyridine rings is 1. The summed E-state index contributed by atoms with van der Waals surface area (Å²) in [6, 6.07) is 7.98. The van der Waals surface area contributed by atoms with Gasteiger partial charge < -0.3 is 15.2 Å². The first-order valence-electron chi connectivity index (χ1n) is 12.1. The van der Waals surface area contributed by atoms with Crippen LogP contribution < -0.4 is 21.9 Å². The molecule has 0 aliphatic carbocycles. The molecule has 182 valence electrons. The van der Waals surface area contributed by atoms with Crippen LogP contribution in [0.5, 0.6) is 0 Å². The monoisotopic (exact) mass is 473 g/mol. The molecule has 0 saturated carbocycles. The molecule has 1 aromatic carbocycles. The van der Waals surface area contributed by atoms with Gasteiger partial charge in [-0.15, -0.1) is 0 Å². The normalized spacial score (nSPS) is 16.7. The van der Waals surface area contributed by atoms with Crippen LogP contribution in [0, 0.1) is 6.92 Å². The summed E-state index contributed by atoms with van der Waals surface area (Å²) in [7, 11) is 1.67. The Hall–Kier alpha value is -3.72. The first kappa shape index (κ1) is 23.0. The van der Waals surface area contributed by atoms with Gasteiger partial charge >= 0.3 is 5.69 Å². The molecule has 1 aliphatic rings. The molecule has 1 unspecified atom stereocenters. The van der Waals surface area contributed by atoms with Crippen molar-refractivity contribution in [3.8, 4) is 0 Å². The van der Waals surface area contributed by atoms with Crippen molar-refractivity contribution in [2.45, 2.75) is 45.8 Å². The molecule has 0 bridgehead atoms. The number of fused-ring (bicyclic) bond motifs is 2. The summed E-state index contributed by atoms with van der Waals surface area (Å²) in [6.45, 7) is 5.99. The molecule has 3 aromatic heterocycles. The number of nitrogens with two attached hydrogens (primary N) is 1. The minimum atomic E-state index is -0.411. The number of hydrogen-bond acceptors (Lipinski definition) is 6. The van der Waals surface area contributed by atoms with E-state index >= 15 is 0 Å². The summed E-state index contributed by atoms with van der Waals surface area (Å²) >= 11 is 0. The Morgan fingerprint density at radius 2 is 1.94 bits per heavy atom. The van der Waals surface area contributed by atoms with Crippen molar-refractivity contribution in [3.63, 3.8) is 0 Å². The molecule has 9 nitrogen and oxygen atoms in total. The molecule has 2 N–H and O–H groups in total. The van der Waals surface area contributed by atoms with Crippen molar-refractivity contribution in [3.05, 3.63) is 74.7 Å². The molecule has 4 aromatic rings. The third-order valence-electron chi connectivity index (χ3n) is 6.86. The lowest BCUT2D eigenvalue weighted by Crippen LogP contribution is -2.44. The van der Waals surface area contributed by atoms with E-state index in [0.717, 1.165) is 35.7 Å². The highest BCUT2D eigenvalue weighted by Gasteiger charge is 2.26. The quantitative estimate of drug-likeness (QED) is 0.446. The molecule has 0 amide bonds. The average molecular weight is 474 g/mol. The molecule has 0 spiro atoms. The first-order chi connectivity index (χ1) is 16.9. The molecule has 1 aliphatic heterocycles. The topological polar surface area (TPSA) is 104 Å². The Morgan fingerprint density at radius 1 is 1.17 bits per heavy atom. The van der Waals surface area contributed by atoms with E-state index in [4.69, 9.17) is 10.7 Å². The van der Waals surface area contributed by atoms with E-state index in [1.165, 1.54) is 9.13 Å². The Labute approximate surface area is 203 Å². The number of aromatic nitrogens is 5. The molecule has 5 rings (SSSR count). The SMILES string of the molecule is CC=CCn1c(N2CCCC(N)C2)nc2c1c(=O)n(Cc1ncc(C)c3ccccc13)c(=O)n2C. The first-order valence-corrected chi connectivity index (χ1v) is 12.1. The van der Waals surface area contributed by atoms with E-state index < -0.39 is 5.69 Å². The van der Waals surface area contributed by atoms with Gasteiger partial charge in [-0.25, -0.2) is 4.79 Å². The minimum absolute atomic E-state index is 0.0556. The minimum Gasteiger partial charge on any atom is -0.341 e. The zero-order valence-corrected chi connectivity index (χ0v) is 20.4. The van der Waals surface area contributed by atoms with Gasteiger partial charge in [-0.1, -0.05) is 36.4 Å². The van der Waals surface area contributed by atoms with Gasteiger partial charge in [0, 0.05) is 44.3 Å². The molecule has 1 saturated heterocycles. The number of nitrogens with zero attached hydrogens (tertiary/aromatic N) is 6. The second-order valence-electron chi connectivity index (χ2n) is 9.28. The number of allylic oxidation sites excluding steroid dienone is 2. The van der Waals surface area contributed by atoms with Crippen LogP contribution in [0.3, 0.4) is 0 Å². The van der Waals surface area contributed by atoms with Crippen LogP contribution in [0.4, 0.5) is 5.95 Å². The summed E-state index contributed by atoms with van der Waals surface area (Å²) in [5.74, 6) is 0.678. The fraction of sp³-hybridized carbons (Fsp3) is 0.385. The Kier molecular flexibility index (Phi) is 6.02. The van der Waals surface area contributed by atoms with Crippen molar-refractivity contribution >= 4 is 27.9 Å². The van der Waals surface area contributed by atoms with Crippen molar-refractivity contribution < 1.29 is 0 Å². The standard InChI is InChI=1S/C26H31N7O2/c1-4-5-13-32-22-23(29-25(32)31-12-8-9-18(27)15-31)30(3)26(35)33(24(22)34)16-21-20-11-7-6-10-19(20)17(2)14-28-21/h4-7,10-11,14,18H,8-9,12-13,15-16,27H2,1-3H3. The van der Waals surface area contributed by atoms with Gasteiger partial charge in [0.15, 0.2) is 11.2 Å². The zero-order valence-electron chi connectivity index (χ0n) is 20.4. The molecule has 35 heavy (non-hydrogen) atoms. The molecular formula is C26H31N7O2. The lowest BCUT2D eigenvalue weighted by atomic mass is 10.1. The summed E-state index contributed by atoms with van der Waals surface area (Å²) in [6.07, 6.45) is 7.65. The van der Waals surface area contributed by atoms with E-state index in [-0.39, 0.29) is 18.1 Å². The highest BCUT2D eigenvalue weighted by Crippen LogP contribution is 2.24. The maximum atomic E-state index is 13.8. The maximum Gasteiger partial charge on any atom is 0.332 e. The van der Waals surface area contributed by atoms with E-state index in [1.807, 2.05) is 54.8 Å². The highest BCUT2D eigenvalue weighted by atomic mass is 16.2. The fourth-order valence-electron chi connectivity index (χ4n) is 4.98. The Morgan fingerprint density at radius 3 is 2.69 bits per heavy atom. The lowest BCUT2D eigenvalue weighted by molar-refractivity contribution is 0.495. The van der Waals surface area contributed by atoms with Crippen LogP contribution in [-0.2, 0) is 20.1 Å². The predicted octanol–water partition coefficient (Wildman–Crippen LogP) is 2.31. The van der Waals surface area contributed by atoms with Crippen molar-refractivity contribution in [2.24, 2.45) is 12.8 Å². The van der Waals surface area contributed by atoms with Crippen LogP contribution in [0.2, 0.25) is 0 Å². The van der Waals surface area contributed by atoms with Gasteiger partial charge in [0.05, 0.1) is 12.2 Å². The van der Waals surface area contributed by atoms with E-state index in [0.29, 0.717) is 35.9 Å². The van der Waals surface area contributed by atoms with Gasteiger partial charge in [0.25, 0.3) is 5.56 Å². The largest absolute Gasteiger partial charge is 0.341 e. The third-order valence-corrected chi connectivity index (χ3v) is 6.86. The molecule has 4 heterocycles. The number of rotatable bonds is 5. The van der Waals surface area contributed by atoms with Crippen molar-refractivity contribution in [1.82, 2.24) is 23.7 Å². The third kappa shape index (κ3) is 3.95. The number of piperidine rings is 1. The van der Waals surface area contributed by atoms with Crippen LogP contribution in [0.1, 0.15) is 31.0 Å². The smallest absolute Gasteiger partial charge is 0.332 e. The van der Waals surface area contributed by atoms with Crippen molar-refractivity contribution in [2.75, 3.05) is 18.0 Å². The summed E-state index contributed by atoms with van der Waals surface area (Å²) < 4.78 is 4.64. The Balaban J connectivity index is 1.71. The molecule has 0 radical (unpaired) electrons. The lowest BCUT2D eigenvalue weighted by Gasteiger charge is -2.31. The van der Waals surface area contributed by atoms with Crippen LogP contribution in [-0.4, -0.2) is 42.8 Å². The van der Waals surface area contributed by atoms with Crippen LogP contribution in [0.15, 0.2) is 52.2 Å². The van der Waals surface area contributed by atoms with Crippen molar-refractivity contribution in [1.29, 1.82) is 0 Å². The second kappa shape index (κ2) is 9.14. The van der Waals surface area contributed by atoms with E-state index in [1.54, 1.807) is 13.2 Å². The fourth-order valence-corrected chi connectivity index (χ4v) is 4.98. The van der Waals surface area contributed by atoms with E-state index in [9.17, 15) is 9.59 Å². The number of aryl methyl sites for hydroxylation is 2. The van der Waals surface area contributed by atoms with Gasteiger partial charge in [-0.05, 0) is 37.6 Å². The van der Waals surface area contributed by atoms with Crippen LogP contribution >= 0.6 is 0 Å². The molecule has 1 atom stereocenters. The summed E-state index contributed by atoms with van der Waals surface area (Å²) in [5.41, 5.74) is 8.00. The van der Waals surface area contributed by atoms with E-state index in [2.05, 4.69) is 9.88 Å². The second-order valence-corrected chi connectivity index (χ2v) is 9.28. The maximum absolute atomic E-state index is 13.8. The number of benzene rings is 1. The number of anilines is 1. The van der Waals surface area contributed by atoms with Crippen LogP contribution in [0.25, 0.3) is 21.9 Å². The molecular weight excluding hydrogens is 442 g/mol. The predicted molar refractivity (Wildman–Crippen MR) is 139 cm³/mol. The number of hydrogen-bond donors (Lipinski definition) is 1. The van der Waals surface area contributed by atoms with Gasteiger partial charge in [-0.3, -0.25) is 18.9 Å². The number of imidazole rings is 1. The van der Waals surface area contributed by atoms with Gasteiger partial charge in [-0.2, -0.15) is 4.98 Å². The zero-order chi connectivity index (χ0) is 24.7. The van der Waals surface area contributed by atoms with Gasteiger partial charge in [0.1, 0.15) is 0 Å². The molecule has 9 heteroatoms. The Bertz CT molecular complexity index is 1560. The summed E-state index contributed by atoms with van der Waals surface area (Å²) in [5, 5.41) is 2.00. The molecule has 1 fully saturated rings. The summed E-state index contributed by atoms with van der Waals surface area (Å²) in [4.78, 5) is 38.7. The average Bonchev–Trinajstić information content (AvgIpc) is 3.25. The van der Waals surface area contributed by atoms with Gasteiger partial charge in [0.2, 0.25) is 5.95 Å². The highest BCUT2D eigenvalue weighted by molar-refractivity contribution is 5.87.